The molecule has 1 fully saturated rings. The maximum Gasteiger partial charge on any atom is 0.241 e. The number of carbonyl (C=O) groups is 1. The zero-order valence-corrected chi connectivity index (χ0v) is 17.1. The number of thiophene rings is 1. The average molecular weight is 396 g/mol. The van der Waals surface area contributed by atoms with E-state index in [1.54, 1.807) is 11.3 Å². The summed E-state index contributed by atoms with van der Waals surface area (Å²) in [6, 6.07) is 10.3. The molecule has 7 heteroatoms. The lowest BCUT2D eigenvalue weighted by Gasteiger charge is -2.17. The van der Waals surface area contributed by atoms with Gasteiger partial charge in [-0.2, -0.15) is 0 Å². The fraction of sp³-hybridized carbons (Fsp3) is 0.381. The fourth-order valence-electron chi connectivity index (χ4n) is 3.54. The first-order valence-electron chi connectivity index (χ1n) is 9.62. The molecule has 1 aliphatic heterocycles. The number of nitrogens with one attached hydrogen (secondary N) is 1. The van der Waals surface area contributed by atoms with Crippen LogP contribution in [0, 0.1) is 0 Å². The van der Waals surface area contributed by atoms with E-state index in [9.17, 15) is 4.79 Å². The van der Waals surface area contributed by atoms with Gasteiger partial charge < -0.3 is 15.1 Å². The molecule has 0 unspecified atom stereocenters. The Morgan fingerprint density at radius 2 is 1.93 bits per heavy atom. The Morgan fingerprint density at radius 3 is 2.64 bits per heavy atom. The maximum absolute atomic E-state index is 12.5. The number of hydrogen-bond acceptors (Lipinski definition) is 6. The minimum Gasteiger partial charge on any atom is -0.360 e. The molecule has 0 bridgehead atoms. The lowest BCUT2D eigenvalue weighted by molar-refractivity contribution is -0.128. The van der Waals surface area contributed by atoms with Gasteiger partial charge in [0, 0.05) is 24.0 Å². The Morgan fingerprint density at radius 1 is 1.18 bits per heavy atom. The highest BCUT2D eigenvalue weighted by Crippen LogP contribution is 2.37. The molecule has 146 valence electrons. The number of hydrogen-bond donors (Lipinski definition) is 1. The molecule has 0 saturated carbocycles. The summed E-state index contributed by atoms with van der Waals surface area (Å²) in [7, 11) is 4.00. The lowest BCUT2D eigenvalue weighted by Crippen LogP contribution is -2.33. The highest BCUT2D eigenvalue weighted by atomic mass is 32.1. The molecule has 3 heterocycles. The molecule has 0 atom stereocenters. The van der Waals surface area contributed by atoms with Gasteiger partial charge in [0.2, 0.25) is 5.91 Å². The van der Waals surface area contributed by atoms with Crippen LogP contribution in [0.4, 0.5) is 5.82 Å². The van der Waals surface area contributed by atoms with Gasteiger partial charge >= 0.3 is 0 Å². The molecule has 0 spiro atoms. The first-order valence-corrected chi connectivity index (χ1v) is 10.5. The SMILES string of the molecule is CN(C)Cc1nc(NCC(=O)N2CCCC2)c2c(-c3ccccc3)csc2n1. The second kappa shape index (κ2) is 8.24. The highest BCUT2D eigenvalue weighted by Gasteiger charge is 2.20. The summed E-state index contributed by atoms with van der Waals surface area (Å²) in [6.45, 7) is 2.64. The molecule has 0 aliphatic carbocycles. The minimum atomic E-state index is 0.134. The zero-order chi connectivity index (χ0) is 19.5. The first kappa shape index (κ1) is 18.8. The topological polar surface area (TPSA) is 61.4 Å². The Labute approximate surface area is 169 Å². The maximum atomic E-state index is 12.5. The second-order valence-electron chi connectivity index (χ2n) is 7.36. The van der Waals surface area contributed by atoms with Crippen LogP contribution < -0.4 is 5.32 Å². The highest BCUT2D eigenvalue weighted by molar-refractivity contribution is 7.17. The van der Waals surface area contributed by atoms with E-state index in [2.05, 4.69) is 22.8 Å². The van der Waals surface area contributed by atoms with Crippen LogP contribution in [-0.2, 0) is 11.3 Å². The first-order chi connectivity index (χ1) is 13.6. The summed E-state index contributed by atoms with van der Waals surface area (Å²) >= 11 is 1.62. The van der Waals surface area contributed by atoms with Crippen molar-refractivity contribution in [1.29, 1.82) is 0 Å². The summed E-state index contributed by atoms with van der Waals surface area (Å²) in [4.78, 5) is 27.0. The number of likely N-dealkylation sites (tertiary alicyclic amines) is 1. The van der Waals surface area contributed by atoms with Gasteiger partial charge in [-0.25, -0.2) is 9.97 Å². The van der Waals surface area contributed by atoms with Crippen molar-refractivity contribution < 1.29 is 4.79 Å². The van der Waals surface area contributed by atoms with Gasteiger partial charge in [0.1, 0.15) is 16.5 Å². The second-order valence-corrected chi connectivity index (χ2v) is 8.22. The Balaban J connectivity index is 1.70. The van der Waals surface area contributed by atoms with Crippen LogP contribution in [0.25, 0.3) is 21.3 Å². The van der Waals surface area contributed by atoms with Crippen molar-refractivity contribution in [3.8, 4) is 11.1 Å². The van der Waals surface area contributed by atoms with Crippen LogP contribution in [0.3, 0.4) is 0 Å². The molecule has 1 aliphatic rings. The van der Waals surface area contributed by atoms with E-state index in [0.717, 1.165) is 58.9 Å². The number of anilines is 1. The van der Waals surface area contributed by atoms with Gasteiger partial charge in [0.05, 0.1) is 18.5 Å². The number of amides is 1. The van der Waals surface area contributed by atoms with E-state index in [0.29, 0.717) is 6.54 Å². The Bertz CT molecular complexity index is 964. The molecule has 1 aromatic carbocycles. The fourth-order valence-corrected chi connectivity index (χ4v) is 4.50. The molecule has 0 radical (unpaired) electrons. The monoisotopic (exact) mass is 395 g/mol. The van der Waals surface area contributed by atoms with E-state index >= 15 is 0 Å². The third kappa shape index (κ3) is 4.00. The van der Waals surface area contributed by atoms with Gasteiger partial charge in [0.15, 0.2) is 0 Å². The average Bonchev–Trinajstić information content (AvgIpc) is 3.36. The summed E-state index contributed by atoms with van der Waals surface area (Å²) in [5.74, 6) is 1.64. The van der Waals surface area contributed by atoms with E-state index in [1.165, 1.54) is 0 Å². The molecule has 1 N–H and O–H groups in total. The molecule has 6 nitrogen and oxygen atoms in total. The van der Waals surface area contributed by atoms with E-state index in [4.69, 9.17) is 9.97 Å². The normalized spacial score (nSPS) is 14.2. The van der Waals surface area contributed by atoms with Gasteiger partial charge in [-0.15, -0.1) is 11.3 Å². The predicted octanol–water partition coefficient (Wildman–Crippen LogP) is 3.45. The molecule has 2 aromatic heterocycles. The summed E-state index contributed by atoms with van der Waals surface area (Å²) < 4.78 is 0. The molecule has 1 saturated heterocycles. The third-order valence-corrected chi connectivity index (χ3v) is 5.76. The smallest absolute Gasteiger partial charge is 0.241 e. The van der Waals surface area contributed by atoms with Crippen molar-refractivity contribution in [3.05, 3.63) is 41.5 Å². The number of nitrogens with zero attached hydrogens (tertiary/aromatic N) is 4. The Kier molecular flexibility index (Phi) is 5.54. The number of aromatic nitrogens is 2. The summed E-state index contributed by atoms with van der Waals surface area (Å²) in [5.41, 5.74) is 2.24. The molecule has 3 aromatic rings. The van der Waals surface area contributed by atoms with Gasteiger partial charge in [-0.1, -0.05) is 30.3 Å². The van der Waals surface area contributed by atoms with Crippen molar-refractivity contribution in [2.75, 3.05) is 39.0 Å². The predicted molar refractivity (Wildman–Crippen MR) is 115 cm³/mol. The van der Waals surface area contributed by atoms with E-state index in [1.807, 2.05) is 42.1 Å². The van der Waals surface area contributed by atoms with Crippen LogP contribution in [0.1, 0.15) is 18.7 Å². The third-order valence-electron chi connectivity index (χ3n) is 4.89. The number of carbonyl (C=O) groups excluding carboxylic acids is 1. The lowest BCUT2D eigenvalue weighted by atomic mass is 10.1. The van der Waals surface area contributed by atoms with Crippen molar-refractivity contribution in [3.63, 3.8) is 0 Å². The van der Waals surface area contributed by atoms with Gasteiger partial charge in [-0.3, -0.25) is 4.79 Å². The van der Waals surface area contributed by atoms with E-state index in [-0.39, 0.29) is 12.5 Å². The van der Waals surface area contributed by atoms with Crippen LogP contribution in [-0.4, -0.2) is 59.4 Å². The summed E-state index contributed by atoms with van der Waals surface area (Å²) in [5, 5.41) is 6.44. The number of benzene rings is 1. The minimum absolute atomic E-state index is 0.134. The number of fused-ring (bicyclic) bond motifs is 1. The summed E-state index contributed by atoms with van der Waals surface area (Å²) in [6.07, 6.45) is 2.19. The van der Waals surface area contributed by atoms with Crippen molar-refractivity contribution in [2.24, 2.45) is 0 Å². The van der Waals surface area contributed by atoms with Crippen molar-refractivity contribution in [1.82, 2.24) is 19.8 Å². The Hall–Kier alpha value is -2.51. The quantitative estimate of drug-likeness (QED) is 0.693. The van der Waals surface area contributed by atoms with Crippen molar-refractivity contribution >= 4 is 33.3 Å². The molecular formula is C21H25N5OS. The number of rotatable bonds is 6. The van der Waals surface area contributed by atoms with Gasteiger partial charge in [-0.05, 0) is 32.5 Å². The van der Waals surface area contributed by atoms with Crippen molar-refractivity contribution in [2.45, 2.75) is 19.4 Å². The molecule has 1 amide bonds. The zero-order valence-electron chi connectivity index (χ0n) is 16.3. The molecular weight excluding hydrogens is 370 g/mol. The van der Waals surface area contributed by atoms with Crippen LogP contribution in [0.15, 0.2) is 35.7 Å². The van der Waals surface area contributed by atoms with Crippen LogP contribution in [0.5, 0.6) is 0 Å². The van der Waals surface area contributed by atoms with E-state index < -0.39 is 0 Å². The molecule has 28 heavy (non-hydrogen) atoms. The van der Waals surface area contributed by atoms with Gasteiger partial charge in [0.25, 0.3) is 0 Å². The largest absolute Gasteiger partial charge is 0.360 e. The van der Waals surface area contributed by atoms with Crippen LogP contribution in [0.2, 0.25) is 0 Å². The molecule has 4 rings (SSSR count). The van der Waals surface area contributed by atoms with Crippen LogP contribution >= 0.6 is 11.3 Å². The standard InChI is InChI=1S/C21H25N5OS/c1-25(2)13-17-23-20(22-12-18(27)26-10-6-7-11-26)19-16(14-28-21(19)24-17)15-8-4-3-5-9-15/h3-5,8-9,14H,6-7,10-13H2,1-2H3,(H,22,23,24).